The first-order chi connectivity index (χ1) is 7.31. The molecule has 1 aromatic rings. The van der Waals surface area contributed by atoms with E-state index in [2.05, 4.69) is 23.2 Å². The summed E-state index contributed by atoms with van der Waals surface area (Å²) >= 11 is 0. The Labute approximate surface area is 104 Å². The summed E-state index contributed by atoms with van der Waals surface area (Å²) in [5.41, 5.74) is 0. The lowest BCUT2D eigenvalue weighted by molar-refractivity contribution is 0.135. The highest BCUT2D eigenvalue weighted by atomic mass is 35.5. The molecule has 1 aliphatic rings. The molecule has 1 aliphatic heterocycles. The van der Waals surface area contributed by atoms with Gasteiger partial charge < -0.3 is 9.73 Å². The van der Waals surface area contributed by atoms with Gasteiger partial charge in [0.1, 0.15) is 5.76 Å². The average molecular weight is 245 g/mol. The summed E-state index contributed by atoms with van der Waals surface area (Å²) in [5.74, 6) is 1.08. The second-order valence-corrected chi connectivity index (χ2v) is 4.31. The minimum Gasteiger partial charge on any atom is -0.468 e. The van der Waals surface area contributed by atoms with Gasteiger partial charge in [-0.3, -0.25) is 4.90 Å². The van der Waals surface area contributed by atoms with Crippen LogP contribution in [0.2, 0.25) is 0 Å². The molecule has 2 heterocycles. The fourth-order valence-electron chi connectivity index (χ4n) is 2.30. The fraction of sp³-hybridized carbons (Fsp3) is 0.667. The van der Waals surface area contributed by atoms with Crippen LogP contribution in [-0.2, 0) is 0 Å². The standard InChI is InChI=1S/C12H20N2O.ClH/c1-10(12-6-4-8-15-12)14-7-3-5-11(9-14)13-2;/h4,6,8,10-11,13H,3,5,7,9H2,1-2H3;1H. The maximum absolute atomic E-state index is 5.46. The minimum absolute atomic E-state index is 0. The molecule has 92 valence electrons. The van der Waals surface area contributed by atoms with Crippen molar-refractivity contribution in [1.82, 2.24) is 10.2 Å². The van der Waals surface area contributed by atoms with Gasteiger partial charge in [-0.05, 0) is 45.5 Å². The molecular formula is C12H21ClN2O. The number of likely N-dealkylation sites (tertiary alicyclic amines) is 1. The van der Waals surface area contributed by atoms with Crippen LogP contribution in [0.5, 0.6) is 0 Å². The first-order valence-corrected chi connectivity index (χ1v) is 5.76. The van der Waals surface area contributed by atoms with Crippen LogP contribution < -0.4 is 5.32 Å². The van der Waals surface area contributed by atoms with Crippen molar-refractivity contribution in [1.29, 1.82) is 0 Å². The van der Waals surface area contributed by atoms with Crippen molar-refractivity contribution in [3.8, 4) is 0 Å². The van der Waals surface area contributed by atoms with Crippen LogP contribution in [-0.4, -0.2) is 31.1 Å². The molecule has 1 saturated heterocycles. The van der Waals surface area contributed by atoms with Crippen molar-refractivity contribution in [3.63, 3.8) is 0 Å². The fourth-order valence-corrected chi connectivity index (χ4v) is 2.30. The second kappa shape index (κ2) is 6.28. The zero-order chi connectivity index (χ0) is 10.7. The molecule has 0 bridgehead atoms. The van der Waals surface area contributed by atoms with Crippen molar-refractivity contribution in [2.75, 3.05) is 20.1 Å². The number of halogens is 1. The van der Waals surface area contributed by atoms with Gasteiger partial charge >= 0.3 is 0 Å². The molecule has 2 rings (SSSR count). The molecule has 0 aromatic carbocycles. The monoisotopic (exact) mass is 244 g/mol. The summed E-state index contributed by atoms with van der Waals surface area (Å²) in [6.45, 7) is 4.52. The quantitative estimate of drug-likeness (QED) is 0.886. The Morgan fingerprint density at radius 1 is 1.56 bits per heavy atom. The molecule has 0 aliphatic carbocycles. The van der Waals surface area contributed by atoms with E-state index in [-0.39, 0.29) is 12.4 Å². The molecule has 2 unspecified atom stereocenters. The number of furan rings is 1. The SMILES string of the molecule is CNC1CCCN(C(C)c2ccco2)C1.Cl. The number of nitrogens with zero attached hydrogens (tertiary/aromatic N) is 1. The van der Waals surface area contributed by atoms with E-state index in [0.717, 1.165) is 12.3 Å². The van der Waals surface area contributed by atoms with Gasteiger partial charge in [0.2, 0.25) is 0 Å². The van der Waals surface area contributed by atoms with E-state index in [1.54, 1.807) is 6.26 Å². The van der Waals surface area contributed by atoms with Gasteiger partial charge in [-0.25, -0.2) is 0 Å². The van der Waals surface area contributed by atoms with Crippen LogP contribution >= 0.6 is 12.4 Å². The molecule has 3 nitrogen and oxygen atoms in total. The lowest BCUT2D eigenvalue weighted by Crippen LogP contribution is -2.45. The predicted molar refractivity (Wildman–Crippen MR) is 68.0 cm³/mol. The lowest BCUT2D eigenvalue weighted by Gasteiger charge is -2.35. The van der Waals surface area contributed by atoms with Gasteiger partial charge in [0.05, 0.1) is 12.3 Å². The zero-order valence-electron chi connectivity index (χ0n) is 9.98. The number of nitrogens with one attached hydrogen (secondary N) is 1. The van der Waals surface area contributed by atoms with Gasteiger partial charge in [0.25, 0.3) is 0 Å². The highest BCUT2D eigenvalue weighted by Crippen LogP contribution is 2.24. The molecule has 0 amide bonds. The van der Waals surface area contributed by atoms with E-state index in [4.69, 9.17) is 4.42 Å². The van der Waals surface area contributed by atoms with Gasteiger partial charge in [0, 0.05) is 12.6 Å². The third-order valence-electron chi connectivity index (χ3n) is 3.36. The summed E-state index contributed by atoms with van der Waals surface area (Å²) in [6, 6.07) is 5.06. The Balaban J connectivity index is 0.00000128. The first-order valence-electron chi connectivity index (χ1n) is 5.76. The molecule has 0 spiro atoms. The van der Waals surface area contributed by atoms with Gasteiger partial charge in [-0.15, -0.1) is 12.4 Å². The molecule has 16 heavy (non-hydrogen) atoms. The van der Waals surface area contributed by atoms with Gasteiger partial charge in [-0.1, -0.05) is 0 Å². The third kappa shape index (κ3) is 3.00. The second-order valence-electron chi connectivity index (χ2n) is 4.31. The van der Waals surface area contributed by atoms with E-state index in [9.17, 15) is 0 Å². The van der Waals surface area contributed by atoms with Crippen LogP contribution in [0, 0.1) is 0 Å². The Bertz CT molecular complexity index is 289. The van der Waals surface area contributed by atoms with Crippen LogP contribution in [0.4, 0.5) is 0 Å². The molecule has 0 saturated carbocycles. The molecule has 1 N–H and O–H groups in total. The largest absolute Gasteiger partial charge is 0.468 e. The molecule has 4 heteroatoms. The minimum atomic E-state index is 0. The van der Waals surface area contributed by atoms with Crippen LogP contribution in [0.3, 0.4) is 0 Å². The normalized spacial score (nSPS) is 23.8. The van der Waals surface area contributed by atoms with Crippen molar-refractivity contribution in [2.45, 2.75) is 31.8 Å². The average Bonchev–Trinajstić information content (AvgIpc) is 2.81. The number of rotatable bonds is 3. The van der Waals surface area contributed by atoms with Crippen molar-refractivity contribution in [2.24, 2.45) is 0 Å². The number of hydrogen-bond donors (Lipinski definition) is 1. The van der Waals surface area contributed by atoms with Crippen LogP contribution in [0.25, 0.3) is 0 Å². The summed E-state index contributed by atoms with van der Waals surface area (Å²) in [4.78, 5) is 2.49. The maximum atomic E-state index is 5.46. The zero-order valence-corrected chi connectivity index (χ0v) is 10.8. The summed E-state index contributed by atoms with van der Waals surface area (Å²) in [6.07, 6.45) is 4.32. The number of likely N-dealkylation sites (N-methyl/N-ethyl adjacent to an activating group) is 1. The smallest absolute Gasteiger partial charge is 0.120 e. The molecule has 2 atom stereocenters. The molecule has 0 radical (unpaired) electrons. The summed E-state index contributed by atoms with van der Waals surface area (Å²) in [5, 5.41) is 3.36. The highest BCUT2D eigenvalue weighted by molar-refractivity contribution is 5.85. The van der Waals surface area contributed by atoms with Gasteiger partial charge in [0.15, 0.2) is 0 Å². The highest BCUT2D eigenvalue weighted by Gasteiger charge is 2.24. The van der Waals surface area contributed by atoms with Crippen molar-refractivity contribution in [3.05, 3.63) is 24.2 Å². The van der Waals surface area contributed by atoms with E-state index in [0.29, 0.717) is 12.1 Å². The van der Waals surface area contributed by atoms with Crippen molar-refractivity contribution < 1.29 is 4.42 Å². The van der Waals surface area contributed by atoms with E-state index in [1.165, 1.54) is 19.4 Å². The Morgan fingerprint density at radius 2 is 2.38 bits per heavy atom. The summed E-state index contributed by atoms with van der Waals surface area (Å²) < 4.78 is 5.46. The number of piperidine rings is 1. The molecular weight excluding hydrogens is 224 g/mol. The molecule has 1 aromatic heterocycles. The van der Waals surface area contributed by atoms with Gasteiger partial charge in [-0.2, -0.15) is 0 Å². The Morgan fingerprint density at radius 3 is 3.00 bits per heavy atom. The summed E-state index contributed by atoms with van der Waals surface area (Å²) in [7, 11) is 2.05. The van der Waals surface area contributed by atoms with E-state index >= 15 is 0 Å². The Hall–Kier alpha value is -0.510. The maximum Gasteiger partial charge on any atom is 0.120 e. The van der Waals surface area contributed by atoms with Crippen LogP contribution in [0.15, 0.2) is 22.8 Å². The Kier molecular flexibility index (Phi) is 5.32. The van der Waals surface area contributed by atoms with E-state index in [1.807, 2.05) is 13.1 Å². The molecule has 1 fully saturated rings. The van der Waals surface area contributed by atoms with E-state index < -0.39 is 0 Å². The van der Waals surface area contributed by atoms with Crippen molar-refractivity contribution >= 4 is 12.4 Å². The lowest BCUT2D eigenvalue weighted by atomic mass is 10.0. The third-order valence-corrected chi connectivity index (χ3v) is 3.36. The predicted octanol–water partition coefficient (Wildman–Crippen LogP) is 2.45. The first kappa shape index (κ1) is 13.6. The van der Waals surface area contributed by atoms with Crippen LogP contribution in [0.1, 0.15) is 31.6 Å². The number of hydrogen-bond acceptors (Lipinski definition) is 3. The topological polar surface area (TPSA) is 28.4 Å².